The van der Waals surface area contributed by atoms with E-state index in [4.69, 9.17) is 5.73 Å². The zero-order valence-electron chi connectivity index (χ0n) is 12.6. The van der Waals surface area contributed by atoms with Crippen molar-refractivity contribution in [3.8, 4) is 0 Å². The molecule has 0 radical (unpaired) electrons. The quantitative estimate of drug-likeness (QED) is 0.723. The average molecular weight is 295 g/mol. The molecule has 0 spiro atoms. The fraction of sp³-hybridized carbons (Fsp3) is 0.533. The Morgan fingerprint density at radius 1 is 1.35 bits per heavy atom. The first-order valence-electron chi connectivity index (χ1n) is 7.05. The molecular weight excluding hydrogens is 270 g/mol. The van der Waals surface area contributed by atoms with Gasteiger partial charge in [-0.25, -0.2) is 0 Å². The molecule has 0 atom stereocenters. The van der Waals surface area contributed by atoms with Gasteiger partial charge in [0, 0.05) is 36.8 Å². The molecule has 20 heavy (non-hydrogen) atoms. The minimum Gasteiger partial charge on any atom is -0.372 e. The summed E-state index contributed by atoms with van der Waals surface area (Å²) >= 11 is 1.56. The number of nitrogens with zero attached hydrogens (tertiary/aromatic N) is 1. The number of benzene rings is 1. The molecular formula is C15H25N3OS. The number of carbonyl (C=O) groups is 1. The summed E-state index contributed by atoms with van der Waals surface area (Å²) in [4.78, 5) is 14.1. The van der Waals surface area contributed by atoms with Crippen LogP contribution in [0, 0.1) is 6.92 Å². The molecule has 5 heteroatoms. The van der Waals surface area contributed by atoms with Crippen molar-refractivity contribution in [1.82, 2.24) is 0 Å². The number of hydrogen-bond donors (Lipinski definition) is 2. The minimum absolute atomic E-state index is 0.0298. The first-order chi connectivity index (χ1) is 9.62. The van der Waals surface area contributed by atoms with E-state index in [1.54, 1.807) is 11.8 Å². The molecule has 0 aliphatic carbocycles. The molecule has 3 N–H and O–H groups in total. The van der Waals surface area contributed by atoms with Crippen molar-refractivity contribution in [1.29, 1.82) is 0 Å². The minimum atomic E-state index is 0.0298. The van der Waals surface area contributed by atoms with Crippen molar-refractivity contribution in [3.63, 3.8) is 0 Å². The standard InChI is InChI=1S/C15H25N3OS/c1-4-18(5-2)13-6-7-14(12(3)10-13)17-15(19)11-20-9-8-16/h6-7,10H,4-5,8-9,11,16H2,1-3H3,(H,17,19). The summed E-state index contributed by atoms with van der Waals surface area (Å²) in [6.45, 7) is 8.88. The molecule has 0 aliphatic rings. The van der Waals surface area contributed by atoms with Crippen LogP contribution in [0.25, 0.3) is 0 Å². The lowest BCUT2D eigenvalue weighted by molar-refractivity contribution is -0.113. The van der Waals surface area contributed by atoms with Crippen molar-refractivity contribution in [2.24, 2.45) is 5.73 Å². The van der Waals surface area contributed by atoms with Crippen LogP contribution < -0.4 is 16.0 Å². The molecule has 1 rings (SSSR count). The van der Waals surface area contributed by atoms with Crippen molar-refractivity contribution in [2.45, 2.75) is 20.8 Å². The Balaban J connectivity index is 2.66. The van der Waals surface area contributed by atoms with Crippen molar-refractivity contribution in [2.75, 3.05) is 41.4 Å². The Bertz CT molecular complexity index is 433. The highest BCUT2D eigenvalue weighted by atomic mass is 32.2. The smallest absolute Gasteiger partial charge is 0.234 e. The fourth-order valence-corrected chi connectivity index (χ4v) is 2.58. The number of anilines is 2. The second-order valence-corrected chi connectivity index (χ2v) is 5.67. The van der Waals surface area contributed by atoms with Gasteiger partial charge in [0.05, 0.1) is 5.75 Å². The molecule has 0 aromatic heterocycles. The highest BCUT2D eigenvalue weighted by Crippen LogP contribution is 2.22. The van der Waals surface area contributed by atoms with Gasteiger partial charge in [0.25, 0.3) is 0 Å². The summed E-state index contributed by atoms with van der Waals surface area (Å²) < 4.78 is 0. The molecule has 112 valence electrons. The van der Waals surface area contributed by atoms with Crippen LogP contribution in [-0.2, 0) is 4.79 Å². The third-order valence-corrected chi connectivity index (χ3v) is 4.10. The van der Waals surface area contributed by atoms with E-state index in [1.807, 2.05) is 13.0 Å². The van der Waals surface area contributed by atoms with E-state index in [1.165, 1.54) is 5.69 Å². The molecule has 0 saturated carbocycles. The van der Waals surface area contributed by atoms with Crippen molar-refractivity contribution >= 4 is 29.0 Å². The van der Waals surface area contributed by atoms with Crippen molar-refractivity contribution < 1.29 is 4.79 Å². The van der Waals surface area contributed by atoms with Crippen LogP contribution in [0.4, 0.5) is 11.4 Å². The van der Waals surface area contributed by atoms with Gasteiger partial charge in [0.15, 0.2) is 0 Å². The fourth-order valence-electron chi connectivity index (χ4n) is 2.01. The highest BCUT2D eigenvalue weighted by Gasteiger charge is 2.07. The maximum absolute atomic E-state index is 11.8. The molecule has 0 heterocycles. The van der Waals surface area contributed by atoms with E-state index in [0.717, 1.165) is 30.1 Å². The number of nitrogens with two attached hydrogens (primary N) is 1. The summed E-state index contributed by atoms with van der Waals surface area (Å²) in [7, 11) is 0. The van der Waals surface area contributed by atoms with Crippen LogP contribution in [0.1, 0.15) is 19.4 Å². The van der Waals surface area contributed by atoms with E-state index in [-0.39, 0.29) is 5.91 Å². The maximum Gasteiger partial charge on any atom is 0.234 e. The predicted octanol–water partition coefficient (Wildman–Crippen LogP) is 2.47. The van der Waals surface area contributed by atoms with Gasteiger partial charge >= 0.3 is 0 Å². The van der Waals surface area contributed by atoms with Crippen LogP contribution in [0.15, 0.2) is 18.2 Å². The van der Waals surface area contributed by atoms with Gasteiger partial charge in [-0.1, -0.05) is 0 Å². The molecule has 0 aliphatic heterocycles. The van der Waals surface area contributed by atoms with Gasteiger partial charge in [-0.2, -0.15) is 11.8 Å². The number of aryl methyl sites for hydroxylation is 1. The van der Waals surface area contributed by atoms with Crippen LogP contribution in [0.2, 0.25) is 0 Å². The monoisotopic (exact) mass is 295 g/mol. The predicted molar refractivity (Wildman–Crippen MR) is 89.7 cm³/mol. The van der Waals surface area contributed by atoms with Crippen LogP contribution in [0.3, 0.4) is 0 Å². The maximum atomic E-state index is 11.8. The van der Waals surface area contributed by atoms with E-state index in [2.05, 4.69) is 36.2 Å². The zero-order chi connectivity index (χ0) is 15.0. The first-order valence-corrected chi connectivity index (χ1v) is 8.21. The lowest BCUT2D eigenvalue weighted by atomic mass is 10.1. The Morgan fingerprint density at radius 3 is 2.60 bits per heavy atom. The number of rotatable bonds is 8. The second-order valence-electron chi connectivity index (χ2n) is 4.56. The highest BCUT2D eigenvalue weighted by molar-refractivity contribution is 7.99. The Labute approximate surface area is 126 Å². The lowest BCUT2D eigenvalue weighted by Gasteiger charge is -2.22. The number of amides is 1. The Morgan fingerprint density at radius 2 is 2.05 bits per heavy atom. The van der Waals surface area contributed by atoms with E-state index in [0.29, 0.717) is 12.3 Å². The van der Waals surface area contributed by atoms with Gasteiger partial charge in [-0.05, 0) is 44.5 Å². The lowest BCUT2D eigenvalue weighted by Crippen LogP contribution is -2.22. The topological polar surface area (TPSA) is 58.4 Å². The van der Waals surface area contributed by atoms with Crippen LogP contribution >= 0.6 is 11.8 Å². The molecule has 1 amide bonds. The van der Waals surface area contributed by atoms with Crippen molar-refractivity contribution in [3.05, 3.63) is 23.8 Å². The number of hydrogen-bond acceptors (Lipinski definition) is 4. The van der Waals surface area contributed by atoms with Gasteiger partial charge in [-0.15, -0.1) is 0 Å². The Kier molecular flexibility index (Phi) is 7.47. The number of nitrogens with one attached hydrogen (secondary N) is 1. The van der Waals surface area contributed by atoms with E-state index < -0.39 is 0 Å². The Hall–Kier alpha value is -1.20. The normalized spacial score (nSPS) is 10.4. The van der Waals surface area contributed by atoms with Gasteiger partial charge in [0.1, 0.15) is 0 Å². The molecule has 0 fully saturated rings. The molecule has 0 bridgehead atoms. The largest absolute Gasteiger partial charge is 0.372 e. The zero-order valence-corrected chi connectivity index (χ0v) is 13.4. The summed E-state index contributed by atoms with van der Waals surface area (Å²) in [5, 5.41) is 2.95. The summed E-state index contributed by atoms with van der Waals surface area (Å²) in [6, 6.07) is 6.16. The third-order valence-electron chi connectivity index (χ3n) is 3.11. The van der Waals surface area contributed by atoms with Gasteiger partial charge < -0.3 is 16.0 Å². The van der Waals surface area contributed by atoms with Crippen LogP contribution in [0.5, 0.6) is 0 Å². The summed E-state index contributed by atoms with van der Waals surface area (Å²) in [5.41, 5.74) is 8.58. The number of carbonyl (C=O) groups excluding carboxylic acids is 1. The van der Waals surface area contributed by atoms with E-state index in [9.17, 15) is 4.79 Å². The molecule has 4 nitrogen and oxygen atoms in total. The summed E-state index contributed by atoms with van der Waals surface area (Å²) in [5.74, 6) is 1.30. The SMILES string of the molecule is CCN(CC)c1ccc(NC(=O)CSCCN)c(C)c1. The van der Waals surface area contributed by atoms with Crippen LogP contribution in [-0.4, -0.2) is 37.0 Å². The van der Waals surface area contributed by atoms with E-state index >= 15 is 0 Å². The second kappa shape index (κ2) is 8.87. The number of thioether (sulfide) groups is 1. The molecule has 1 aromatic rings. The molecule has 0 saturated heterocycles. The average Bonchev–Trinajstić information content (AvgIpc) is 2.43. The first kappa shape index (κ1) is 16.9. The third kappa shape index (κ3) is 5.06. The molecule has 1 aromatic carbocycles. The van der Waals surface area contributed by atoms with Gasteiger partial charge in [0.2, 0.25) is 5.91 Å². The summed E-state index contributed by atoms with van der Waals surface area (Å²) in [6.07, 6.45) is 0. The van der Waals surface area contributed by atoms with Gasteiger partial charge in [-0.3, -0.25) is 4.79 Å². The molecule has 0 unspecified atom stereocenters.